The molecular weight excluding hydrogens is 224 g/mol. The van der Waals surface area contributed by atoms with E-state index >= 15 is 0 Å². The highest BCUT2D eigenvalue weighted by molar-refractivity contribution is 5.39. The van der Waals surface area contributed by atoms with Gasteiger partial charge in [0.2, 0.25) is 0 Å². The normalized spacial score (nSPS) is 14.9. The van der Waals surface area contributed by atoms with E-state index in [1.165, 1.54) is 5.56 Å². The van der Waals surface area contributed by atoms with Crippen LogP contribution in [0, 0.1) is 5.92 Å². The van der Waals surface area contributed by atoms with Crippen molar-refractivity contribution < 1.29 is 9.84 Å². The summed E-state index contributed by atoms with van der Waals surface area (Å²) in [6.45, 7) is 10.3. The molecule has 1 atom stereocenters. The molecule has 0 saturated heterocycles. The Labute approximate surface area is 111 Å². The molecular formula is C16H26O2. The SMILES string of the molecule is COc1ccc(C(C)C)cc1CC(C)(O)C(C)C. The molecule has 1 aromatic carbocycles. The molecule has 1 rings (SSSR count). The number of aliphatic hydroxyl groups is 1. The maximum Gasteiger partial charge on any atom is 0.122 e. The van der Waals surface area contributed by atoms with Gasteiger partial charge in [-0.3, -0.25) is 0 Å². The zero-order valence-corrected chi connectivity index (χ0v) is 12.4. The fourth-order valence-corrected chi connectivity index (χ4v) is 1.89. The van der Waals surface area contributed by atoms with E-state index in [4.69, 9.17) is 4.74 Å². The number of hydrogen-bond donors (Lipinski definition) is 1. The summed E-state index contributed by atoms with van der Waals surface area (Å²) in [6, 6.07) is 6.25. The summed E-state index contributed by atoms with van der Waals surface area (Å²) in [5, 5.41) is 10.4. The molecule has 0 saturated carbocycles. The van der Waals surface area contributed by atoms with Gasteiger partial charge in [-0.1, -0.05) is 39.8 Å². The van der Waals surface area contributed by atoms with Crippen molar-refractivity contribution in [3.63, 3.8) is 0 Å². The number of rotatable bonds is 5. The largest absolute Gasteiger partial charge is 0.496 e. The summed E-state index contributed by atoms with van der Waals surface area (Å²) in [5.74, 6) is 1.56. The van der Waals surface area contributed by atoms with Crippen molar-refractivity contribution in [2.45, 2.75) is 52.6 Å². The van der Waals surface area contributed by atoms with E-state index in [9.17, 15) is 5.11 Å². The van der Waals surface area contributed by atoms with Gasteiger partial charge in [0.1, 0.15) is 5.75 Å². The van der Waals surface area contributed by atoms with Crippen molar-refractivity contribution in [2.24, 2.45) is 5.92 Å². The number of ether oxygens (including phenoxy) is 1. The van der Waals surface area contributed by atoms with Gasteiger partial charge in [0.25, 0.3) is 0 Å². The molecule has 1 N–H and O–H groups in total. The minimum Gasteiger partial charge on any atom is -0.496 e. The number of methoxy groups -OCH3 is 1. The van der Waals surface area contributed by atoms with E-state index in [0.29, 0.717) is 12.3 Å². The van der Waals surface area contributed by atoms with Crippen LogP contribution < -0.4 is 4.74 Å². The second kappa shape index (κ2) is 5.75. The average Bonchev–Trinajstić information content (AvgIpc) is 2.28. The summed E-state index contributed by atoms with van der Waals surface area (Å²) in [7, 11) is 1.68. The first-order valence-corrected chi connectivity index (χ1v) is 6.67. The van der Waals surface area contributed by atoms with Crippen molar-refractivity contribution in [1.82, 2.24) is 0 Å². The second-order valence-electron chi connectivity index (χ2n) is 5.91. The van der Waals surface area contributed by atoms with E-state index in [1.54, 1.807) is 7.11 Å². The first kappa shape index (κ1) is 15.0. The molecule has 102 valence electrons. The molecule has 0 aliphatic heterocycles. The number of benzene rings is 1. The lowest BCUT2D eigenvalue weighted by Crippen LogP contribution is -2.33. The Bertz CT molecular complexity index is 392. The molecule has 1 aromatic rings. The Morgan fingerprint density at radius 3 is 2.28 bits per heavy atom. The fraction of sp³-hybridized carbons (Fsp3) is 0.625. The summed E-state index contributed by atoms with van der Waals surface area (Å²) < 4.78 is 5.39. The summed E-state index contributed by atoms with van der Waals surface area (Å²) in [6.07, 6.45) is 0.619. The highest BCUT2D eigenvalue weighted by atomic mass is 16.5. The Hall–Kier alpha value is -1.02. The first-order valence-electron chi connectivity index (χ1n) is 6.67. The van der Waals surface area contributed by atoms with E-state index in [1.807, 2.05) is 26.8 Å². The standard InChI is InChI=1S/C16H26O2/c1-11(2)13-7-8-15(18-6)14(9-13)10-16(5,17)12(3)4/h7-9,11-12,17H,10H2,1-6H3. The van der Waals surface area contributed by atoms with Gasteiger partial charge in [0.15, 0.2) is 0 Å². The summed E-state index contributed by atoms with van der Waals surface area (Å²) in [4.78, 5) is 0. The zero-order valence-electron chi connectivity index (χ0n) is 12.4. The lowest BCUT2D eigenvalue weighted by molar-refractivity contribution is 0.0135. The Balaban J connectivity index is 3.09. The van der Waals surface area contributed by atoms with Crippen molar-refractivity contribution in [3.05, 3.63) is 29.3 Å². The monoisotopic (exact) mass is 250 g/mol. The molecule has 0 bridgehead atoms. The molecule has 0 radical (unpaired) electrons. The van der Waals surface area contributed by atoms with Crippen molar-refractivity contribution in [2.75, 3.05) is 7.11 Å². The van der Waals surface area contributed by atoms with Gasteiger partial charge in [-0.15, -0.1) is 0 Å². The van der Waals surface area contributed by atoms with Crippen LogP contribution in [-0.2, 0) is 6.42 Å². The lowest BCUT2D eigenvalue weighted by atomic mass is 9.85. The van der Waals surface area contributed by atoms with Gasteiger partial charge >= 0.3 is 0 Å². The third kappa shape index (κ3) is 3.49. The molecule has 0 aliphatic carbocycles. The molecule has 1 unspecified atom stereocenters. The maximum absolute atomic E-state index is 10.4. The molecule has 0 aromatic heterocycles. The molecule has 0 aliphatic rings. The highest BCUT2D eigenvalue weighted by Gasteiger charge is 2.26. The van der Waals surface area contributed by atoms with Gasteiger partial charge < -0.3 is 9.84 Å². The van der Waals surface area contributed by atoms with Crippen molar-refractivity contribution in [1.29, 1.82) is 0 Å². The fourth-order valence-electron chi connectivity index (χ4n) is 1.89. The Morgan fingerprint density at radius 2 is 1.83 bits per heavy atom. The Kier molecular flexibility index (Phi) is 4.80. The smallest absolute Gasteiger partial charge is 0.122 e. The van der Waals surface area contributed by atoms with Crippen LogP contribution in [0.25, 0.3) is 0 Å². The Morgan fingerprint density at radius 1 is 1.22 bits per heavy atom. The van der Waals surface area contributed by atoms with E-state index in [-0.39, 0.29) is 5.92 Å². The van der Waals surface area contributed by atoms with Crippen LogP contribution in [0.1, 0.15) is 51.7 Å². The molecule has 2 nitrogen and oxygen atoms in total. The summed E-state index contributed by atoms with van der Waals surface area (Å²) in [5.41, 5.74) is 1.66. The third-order valence-electron chi connectivity index (χ3n) is 3.76. The van der Waals surface area contributed by atoms with E-state index in [0.717, 1.165) is 11.3 Å². The molecule has 0 fully saturated rings. The second-order valence-corrected chi connectivity index (χ2v) is 5.91. The molecule has 0 heterocycles. The van der Waals surface area contributed by atoms with Crippen LogP contribution in [0.2, 0.25) is 0 Å². The zero-order chi connectivity index (χ0) is 13.9. The van der Waals surface area contributed by atoms with Crippen molar-refractivity contribution in [3.8, 4) is 5.75 Å². The van der Waals surface area contributed by atoms with Crippen LogP contribution in [-0.4, -0.2) is 17.8 Å². The number of hydrogen-bond acceptors (Lipinski definition) is 2. The van der Waals surface area contributed by atoms with Gasteiger partial charge in [-0.25, -0.2) is 0 Å². The minimum absolute atomic E-state index is 0.213. The first-order chi connectivity index (χ1) is 8.27. The van der Waals surface area contributed by atoms with Crippen LogP contribution in [0.15, 0.2) is 18.2 Å². The predicted octanol–water partition coefficient (Wildman–Crippen LogP) is 3.77. The van der Waals surface area contributed by atoms with E-state index in [2.05, 4.69) is 26.0 Å². The quantitative estimate of drug-likeness (QED) is 0.862. The van der Waals surface area contributed by atoms with Gasteiger partial charge in [0.05, 0.1) is 12.7 Å². The molecule has 0 amide bonds. The van der Waals surface area contributed by atoms with Crippen LogP contribution in [0.3, 0.4) is 0 Å². The van der Waals surface area contributed by atoms with Crippen molar-refractivity contribution >= 4 is 0 Å². The minimum atomic E-state index is -0.705. The van der Waals surface area contributed by atoms with Crippen LogP contribution >= 0.6 is 0 Å². The maximum atomic E-state index is 10.4. The molecule has 18 heavy (non-hydrogen) atoms. The molecule has 2 heteroatoms. The van der Waals surface area contributed by atoms with Crippen LogP contribution in [0.4, 0.5) is 0 Å². The third-order valence-corrected chi connectivity index (χ3v) is 3.76. The van der Waals surface area contributed by atoms with Gasteiger partial charge in [-0.2, -0.15) is 0 Å². The molecule has 0 spiro atoms. The van der Waals surface area contributed by atoms with Crippen LogP contribution in [0.5, 0.6) is 5.75 Å². The highest BCUT2D eigenvalue weighted by Crippen LogP contribution is 2.30. The van der Waals surface area contributed by atoms with Gasteiger partial charge in [0, 0.05) is 6.42 Å². The lowest BCUT2D eigenvalue weighted by Gasteiger charge is -2.28. The van der Waals surface area contributed by atoms with E-state index < -0.39 is 5.60 Å². The predicted molar refractivity (Wildman–Crippen MR) is 76.2 cm³/mol. The van der Waals surface area contributed by atoms with Gasteiger partial charge in [-0.05, 0) is 36.0 Å². The average molecular weight is 250 g/mol. The summed E-state index contributed by atoms with van der Waals surface area (Å²) >= 11 is 0. The topological polar surface area (TPSA) is 29.5 Å².